The van der Waals surface area contributed by atoms with Gasteiger partial charge in [0.15, 0.2) is 0 Å². The Hall–Kier alpha value is -1.40. The van der Waals surface area contributed by atoms with Gasteiger partial charge in [-0.1, -0.05) is 6.92 Å². The largest absolute Gasteiger partial charge is 0.395 e. The zero-order valence-corrected chi connectivity index (χ0v) is 10.8. The summed E-state index contributed by atoms with van der Waals surface area (Å²) >= 11 is 0. The van der Waals surface area contributed by atoms with Crippen molar-refractivity contribution in [1.82, 2.24) is 14.9 Å². The van der Waals surface area contributed by atoms with Crippen LogP contribution in [0.3, 0.4) is 0 Å². The molecule has 18 heavy (non-hydrogen) atoms. The van der Waals surface area contributed by atoms with Crippen LogP contribution >= 0.6 is 0 Å². The molecule has 1 fully saturated rings. The van der Waals surface area contributed by atoms with Crippen LogP contribution in [0.2, 0.25) is 0 Å². The molecule has 0 unspecified atom stereocenters. The van der Waals surface area contributed by atoms with Gasteiger partial charge in [0, 0.05) is 38.8 Å². The summed E-state index contributed by atoms with van der Waals surface area (Å²) in [4.78, 5) is 13.2. The van der Waals surface area contributed by atoms with Gasteiger partial charge in [0.05, 0.1) is 6.61 Å². The number of nitrogens with one attached hydrogen (secondary N) is 1. The predicted molar refractivity (Wildman–Crippen MR) is 71.9 cm³/mol. The van der Waals surface area contributed by atoms with Crippen LogP contribution in [0, 0.1) is 0 Å². The predicted octanol–water partition coefficient (Wildman–Crippen LogP) is 0.0227. The highest BCUT2D eigenvalue weighted by Crippen LogP contribution is 2.15. The van der Waals surface area contributed by atoms with Crippen LogP contribution in [-0.2, 0) is 0 Å². The topological polar surface area (TPSA) is 64.5 Å². The van der Waals surface area contributed by atoms with Crippen LogP contribution < -0.4 is 10.2 Å². The number of aromatic nitrogens is 2. The molecule has 1 aliphatic rings. The average molecular weight is 251 g/mol. The van der Waals surface area contributed by atoms with Crippen molar-refractivity contribution in [1.29, 1.82) is 0 Å². The number of likely N-dealkylation sites (N-methyl/N-ethyl adjacent to an activating group) is 1. The van der Waals surface area contributed by atoms with Gasteiger partial charge in [-0.2, -0.15) is 0 Å². The molecule has 1 aromatic rings. The lowest BCUT2D eigenvalue weighted by Crippen LogP contribution is -2.46. The number of hydrogen-bond donors (Lipinski definition) is 2. The molecule has 0 amide bonds. The van der Waals surface area contributed by atoms with Gasteiger partial charge in [0.25, 0.3) is 0 Å². The van der Waals surface area contributed by atoms with E-state index < -0.39 is 0 Å². The summed E-state index contributed by atoms with van der Waals surface area (Å²) in [6.45, 7) is 8.10. The Morgan fingerprint density at radius 3 is 2.72 bits per heavy atom. The molecule has 6 heteroatoms. The highest BCUT2D eigenvalue weighted by Gasteiger charge is 2.16. The van der Waals surface area contributed by atoms with Crippen LogP contribution in [0.25, 0.3) is 0 Å². The van der Waals surface area contributed by atoms with Crippen LogP contribution in [-0.4, -0.2) is 65.8 Å². The summed E-state index contributed by atoms with van der Waals surface area (Å²) < 4.78 is 0. The molecule has 0 radical (unpaired) electrons. The quantitative estimate of drug-likeness (QED) is 0.769. The summed E-state index contributed by atoms with van der Waals surface area (Å²) in [7, 11) is 0. The summed E-state index contributed by atoms with van der Waals surface area (Å²) in [6, 6.07) is 1.94. The monoisotopic (exact) mass is 251 g/mol. The van der Waals surface area contributed by atoms with E-state index in [1.807, 2.05) is 6.07 Å². The molecular weight excluding hydrogens is 230 g/mol. The first-order valence-electron chi connectivity index (χ1n) is 6.47. The number of rotatable bonds is 5. The first kappa shape index (κ1) is 13.0. The Morgan fingerprint density at radius 2 is 2.06 bits per heavy atom. The fourth-order valence-electron chi connectivity index (χ4n) is 2.09. The van der Waals surface area contributed by atoms with Crippen molar-refractivity contribution in [3.05, 3.63) is 12.4 Å². The fraction of sp³-hybridized carbons (Fsp3) is 0.667. The van der Waals surface area contributed by atoms with Gasteiger partial charge in [-0.05, 0) is 6.54 Å². The third-order valence-corrected chi connectivity index (χ3v) is 3.21. The smallest absolute Gasteiger partial charge is 0.134 e. The van der Waals surface area contributed by atoms with E-state index in [1.165, 1.54) is 0 Å². The van der Waals surface area contributed by atoms with Gasteiger partial charge in [0.1, 0.15) is 18.0 Å². The zero-order chi connectivity index (χ0) is 12.8. The Kier molecular flexibility index (Phi) is 4.72. The second-order valence-electron chi connectivity index (χ2n) is 4.33. The van der Waals surface area contributed by atoms with Gasteiger partial charge in [-0.3, -0.25) is 0 Å². The Labute approximate surface area is 108 Å². The van der Waals surface area contributed by atoms with Gasteiger partial charge in [0.2, 0.25) is 0 Å². The van der Waals surface area contributed by atoms with E-state index in [2.05, 4.69) is 32.0 Å². The molecule has 0 spiro atoms. The van der Waals surface area contributed by atoms with Gasteiger partial charge >= 0.3 is 0 Å². The maximum Gasteiger partial charge on any atom is 0.134 e. The van der Waals surface area contributed by atoms with Gasteiger partial charge in [-0.15, -0.1) is 0 Å². The number of anilines is 2. The lowest BCUT2D eigenvalue weighted by atomic mass is 10.3. The molecule has 2 rings (SSSR count). The zero-order valence-electron chi connectivity index (χ0n) is 10.8. The van der Waals surface area contributed by atoms with Crippen molar-refractivity contribution in [3.8, 4) is 0 Å². The van der Waals surface area contributed by atoms with E-state index in [4.69, 9.17) is 5.11 Å². The Morgan fingerprint density at radius 1 is 1.28 bits per heavy atom. The number of hydrogen-bond acceptors (Lipinski definition) is 6. The van der Waals surface area contributed by atoms with Crippen LogP contribution in [0.5, 0.6) is 0 Å². The van der Waals surface area contributed by atoms with Crippen molar-refractivity contribution in [3.63, 3.8) is 0 Å². The SMILES string of the molecule is CCN1CCN(c2cc(NCCO)ncn2)CC1. The standard InChI is InChI=1S/C12H21N5O/c1-2-16-4-6-17(7-5-16)12-9-11(13-3-8-18)14-10-15-12/h9-10,18H,2-8H2,1H3,(H,13,14,15). The van der Waals surface area contributed by atoms with E-state index in [9.17, 15) is 0 Å². The third-order valence-electron chi connectivity index (χ3n) is 3.21. The summed E-state index contributed by atoms with van der Waals surface area (Å²) in [5.41, 5.74) is 0. The molecule has 1 aliphatic heterocycles. The summed E-state index contributed by atoms with van der Waals surface area (Å²) in [5.74, 6) is 1.73. The highest BCUT2D eigenvalue weighted by molar-refractivity contribution is 5.48. The van der Waals surface area contributed by atoms with Crippen molar-refractivity contribution >= 4 is 11.6 Å². The molecular formula is C12H21N5O. The summed E-state index contributed by atoms with van der Waals surface area (Å²) in [6.07, 6.45) is 1.57. The number of piperazine rings is 1. The van der Waals surface area contributed by atoms with Gasteiger partial charge < -0.3 is 20.2 Å². The third kappa shape index (κ3) is 3.30. The second-order valence-corrected chi connectivity index (χ2v) is 4.33. The Bertz CT molecular complexity index is 365. The minimum atomic E-state index is 0.106. The van der Waals surface area contributed by atoms with Crippen molar-refractivity contribution in [2.75, 3.05) is 56.1 Å². The molecule has 2 N–H and O–H groups in total. The number of nitrogens with zero attached hydrogens (tertiary/aromatic N) is 4. The van der Waals surface area contributed by atoms with Crippen molar-refractivity contribution in [2.45, 2.75) is 6.92 Å². The second kappa shape index (κ2) is 6.51. The van der Waals surface area contributed by atoms with E-state index in [0.717, 1.165) is 44.4 Å². The molecule has 1 aromatic heterocycles. The summed E-state index contributed by atoms with van der Waals surface area (Å²) in [5, 5.41) is 11.8. The first-order valence-corrected chi connectivity index (χ1v) is 6.47. The first-order chi connectivity index (χ1) is 8.83. The molecule has 0 saturated carbocycles. The van der Waals surface area contributed by atoms with E-state index in [0.29, 0.717) is 6.54 Å². The lowest BCUT2D eigenvalue weighted by molar-refractivity contribution is 0.270. The maximum absolute atomic E-state index is 8.78. The van der Waals surface area contributed by atoms with Crippen LogP contribution in [0.4, 0.5) is 11.6 Å². The van der Waals surface area contributed by atoms with E-state index in [-0.39, 0.29) is 6.61 Å². The highest BCUT2D eigenvalue weighted by atomic mass is 16.3. The Balaban J connectivity index is 1.96. The minimum Gasteiger partial charge on any atom is -0.395 e. The molecule has 100 valence electrons. The normalized spacial score (nSPS) is 16.9. The van der Waals surface area contributed by atoms with Crippen molar-refractivity contribution in [2.24, 2.45) is 0 Å². The minimum absolute atomic E-state index is 0.106. The average Bonchev–Trinajstić information content (AvgIpc) is 2.45. The molecule has 0 atom stereocenters. The fourth-order valence-corrected chi connectivity index (χ4v) is 2.09. The lowest BCUT2D eigenvalue weighted by Gasteiger charge is -2.34. The van der Waals surface area contributed by atoms with E-state index in [1.54, 1.807) is 6.33 Å². The number of aliphatic hydroxyl groups is 1. The van der Waals surface area contributed by atoms with Crippen molar-refractivity contribution < 1.29 is 5.11 Å². The molecule has 6 nitrogen and oxygen atoms in total. The van der Waals surface area contributed by atoms with Gasteiger partial charge in [-0.25, -0.2) is 9.97 Å². The maximum atomic E-state index is 8.78. The molecule has 0 aromatic carbocycles. The van der Waals surface area contributed by atoms with Crippen LogP contribution in [0.15, 0.2) is 12.4 Å². The van der Waals surface area contributed by atoms with E-state index >= 15 is 0 Å². The number of aliphatic hydroxyl groups excluding tert-OH is 1. The molecule has 0 aliphatic carbocycles. The van der Waals surface area contributed by atoms with Crippen LogP contribution in [0.1, 0.15) is 6.92 Å². The molecule has 0 bridgehead atoms. The molecule has 1 saturated heterocycles. The molecule has 2 heterocycles.